The Morgan fingerprint density at radius 3 is 2.75 bits per heavy atom. The van der Waals surface area contributed by atoms with Crippen molar-refractivity contribution in [1.29, 1.82) is 0 Å². The Bertz CT molecular complexity index is 364. The first-order valence-electron chi connectivity index (χ1n) is 6.03. The number of nitrogens with zero attached hydrogens (tertiary/aromatic N) is 1. The van der Waals surface area contributed by atoms with Crippen molar-refractivity contribution in [2.24, 2.45) is 0 Å². The third-order valence-electron chi connectivity index (χ3n) is 3.79. The molecule has 2 rings (SSSR count). The quantitative estimate of drug-likeness (QED) is 0.822. The van der Waals surface area contributed by atoms with Gasteiger partial charge in [-0.25, -0.2) is 0 Å². The Labute approximate surface area is 97.9 Å². The number of benzene rings is 1. The summed E-state index contributed by atoms with van der Waals surface area (Å²) in [5.41, 5.74) is 2.58. The van der Waals surface area contributed by atoms with E-state index in [9.17, 15) is 5.11 Å². The molecule has 1 saturated heterocycles. The summed E-state index contributed by atoms with van der Waals surface area (Å²) < 4.78 is 0. The summed E-state index contributed by atoms with van der Waals surface area (Å²) in [5, 5.41) is 9.81. The molecule has 0 radical (unpaired) electrons. The number of likely N-dealkylation sites (N-methyl/N-ethyl adjacent to an activating group) is 1. The molecule has 1 fully saturated rings. The molecule has 1 N–H and O–H groups in total. The van der Waals surface area contributed by atoms with Crippen LogP contribution in [-0.2, 0) is 5.41 Å². The van der Waals surface area contributed by atoms with E-state index in [1.807, 2.05) is 0 Å². The molecule has 0 aliphatic carbocycles. The molecule has 1 aromatic carbocycles. The van der Waals surface area contributed by atoms with Gasteiger partial charge in [-0.2, -0.15) is 0 Å². The molecule has 16 heavy (non-hydrogen) atoms. The molecule has 2 nitrogen and oxygen atoms in total. The number of piperidine rings is 1. The standard InChI is InChI=1S/C14H21NO/c1-12-6-3-4-7-13(12)14(11-16)8-5-9-15(2)10-14/h3-4,6-7,16H,5,8-11H2,1-2H3. The predicted octanol–water partition coefficient (Wildman–Crippen LogP) is 1.95. The van der Waals surface area contributed by atoms with Crippen molar-refractivity contribution in [3.8, 4) is 0 Å². The number of aryl methyl sites for hydroxylation is 1. The van der Waals surface area contributed by atoms with Gasteiger partial charge in [0.15, 0.2) is 0 Å². The fraction of sp³-hybridized carbons (Fsp3) is 0.571. The zero-order valence-electron chi connectivity index (χ0n) is 10.2. The Morgan fingerprint density at radius 2 is 2.12 bits per heavy atom. The van der Waals surface area contributed by atoms with E-state index in [1.165, 1.54) is 17.5 Å². The third kappa shape index (κ3) is 2.00. The zero-order chi connectivity index (χ0) is 11.6. The molecule has 1 atom stereocenters. The summed E-state index contributed by atoms with van der Waals surface area (Å²) in [7, 11) is 2.14. The van der Waals surface area contributed by atoms with Crippen molar-refractivity contribution in [2.75, 3.05) is 26.7 Å². The minimum Gasteiger partial charge on any atom is -0.395 e. The second kappa shape index (κ2) is 4.56. The highest BCUT2D eigenvalue weighted by Gasteiger charge is 2.36. The van der Waals surface area contributed by atoms with Crippen molar-refractivity contribution < 1.29 is 5.11 Å². The first kappa shape index (κ1) is 11.6. The molecule has 88 valence electrons. The predicted molar refractivity (Wildman–Crippen MR) is 66.7 cm³/mol. The van der Waals surface area contributed by atoms with Crippen LogP contribution in [0.3, 0.4) is 0 Å². The number of likely N-dealkylation sites (tertiary alicyclic amines) is 1. The maximum absolute atomic E-state index is 9.81. The van der Waals surface area contributed by atoms with Gasteiger partial charge in [-0.1, -0.05) is 24.3 Å². The van der Waals surface area contributed by atoms with Gasteiger partial charge in [0.1, 0.15) is 0 Å². The number of hydrogen-bond donors (Lipinski definition) is 1. The lowest BCUT2D eigenvalue weighted by molar-refractivity contribution is 0.104. The van der Waals surface area contributed by atoms with Crippen molar-refractivity contribution in [1.82, 2.24) is 4.90 Å². The molecule has 1 heterocycles. The van der Waals surface area contributed by atoms with Gasteiger partial charge in [-0.15, -0.1) is 0 Å². The van der Waals surface area contributed by atoms with Gasteiger partial charge in [0, 0.05) is 12.0 Å². The zero-order valence-corrected chi connectivity index (χ0v) is 10.2. The van der Waals surface area contributed by atoms with E-state index < -0.39 is 0 Å². The van der Waals surface area contributed by atoms with E-state index in [0.717, 1.165) is 19.5 Å². The van der Waals surface area contributed by atoms with Crippen LogP contribution >= 0.6 is 0 Å². The van der Waals surface area contributed by atoms with Crippen LogP contribution in [0.15, 0.2) is 24.3 Å². The fourth-order valence-corrected chi connectivity index (χ4v) is 2.96. The lowest BCUT2D eigenvalue weighted by Crippen LogP contribution is -2.47. The lowest BCUT2D eigenvalue weighted by Gasteiger charge is -2.41. The van der Waals surface area contributed by atoms with Gasteiger partial charge in [0.2, 0.25) is 0 Å². The van der Waals surface area contributed by atoms with Crippen LogP contribution in [0.1, 0.15) is 24.0 Å². The summed E-state index contributed by atoms with van der Waals surface area (Å²) in [6.07, 6.45) is 2.27. The van der Waals surface area contributed by atoms with E-state index in [0.29, 0.717) is 0 Å². The summed E-state index contributed by atoms with van der Waals surface area (Å²) in [6.45, 7) is 4.51. The largest absolute Gasteiger partial charge is 0.395 e. The Morgan fingerprint density at radius 1 is 1.38 bits per heavy atom. The second-order valence-corrected chi connectivity index (χ2v) is 5.09. The van der Waals surface area contributed by atoms with Gasteiger partial charge >= 0.3 is 0 Å². The Hall–Kier alpha value is -0.860. The normalized spacial score (nSPS) is 26.9. The first-order chi connectivity index (χ1) is 7.68. The molecule has 0 bridgehead atoms. The smallest absolute Gasteiger partial charge is 0.0540 e. The Balaban J connectivity index is 2.37. The van der Waals surface area contributed by atoms with Crippen LogP contribution in [0, 0.1) is 6.92 Å². The minimum atomic E-state index is -0.0433. The molecule has 0 aromatic heterocycles. The number of aliphatic hydroxyl groups excluding tert-OH is 1. The van der Waals surface area contributed by atoms with Gasteiger partial charge in [-0.3, -0.25) is 0 Å². The average molecular weight is 219 g/mol. The van der Waals surface area contributed by atoms with Crippen LogP contribution in [0.5, 0.6) is 0 Å². The van der Waals surface area contributed by atoms with Gasteiger partial charge in [0.25, 0.3) is 0 Å². The topological polar surface area (TPSA) is 23.5 Å². The van der Waals surface area contributed by atoms with Crippen LogP contribution < -0.4 is 0 Å². The second-order valence-electron chi connectivity index (χ2n) is 5.09. The van der Waals surface area contributed by atoms with Crippen LogP contribution in [0.4, 0.5) is 0 Å². The van der Waals surface area contributed by atoms with Gasteiger partial charge in [-0.05, 0) is 44.5 Å². The van der Waals surface area contributed by atoms with E-state index in [-0.39, 0.29) is 12.0 Å². The van der Waals surface area contributed by atoms with Crippen molar-refractivity contribution in [3.05, 3.63) is 35.4 Å². The van der Waals surface area contributed by atoms with Crippen molar-refractivity contribution >= 4 is 0 Å². The molecule has 1 aromatic rings. The third-order valence-corrected chi connectivity index (χ3v) is 3.79. The highest BCUT2D eigenvalue weighted by molar-refractivity contribution is 5.34. The molecule has 1 aliphatic heterocycles. The van der Waals surface area contributed by atoms with Crippen LogP contribution in [0.25, 0.3) is 0 Å². The molecule has 1 unspecified atom stereocenters. The molecule has 0 spiro atoms. The highest BCUT2D eigenvalue weighted by atomic mass is 16.3. The van der Waals surface area contributed by atoms with Crippen LogP contribution in [0.2, 0.25) is 0 Å². The average Bonchev–Trinajstić information content (AvgIpc) is 2.29. The van der Waals surface area contributed by atoms with Crippen molar-refractivity contribution in [3.63, 3.8) is 0 Å². The number of hydrogen-bond acceptors (Lipinski definition) is 2. The number of rotatable bonds is 2. The lowest BCUT2D eigenvalue weighted by atomic mass is 9.73. The summed E-state index contributed by atoms with van der Waals surface area (Å²) in [4.78, 5) is 2.33. The van der Waals surface area contributed by atoms with E-state index in [4.69, 9.17) is 0 Å². The molecular weight excluding hydrogens is 198 g/mol. The van der Waals surface area contributed by atoms with E-state index >= 15 is 0 Å². The summed E-state index contributed by atoms with van der Waals surface area (Å²) in [6, 6.07) is 8.46. The maximum Gasteiger partial charge on any atom is 0.0540 e. The molecule has 0 amide bonds. The Kier molecular flexibility index (Phi) is 3.31. The molecule has 1 aliphatic rings. The fourth-order valence-electron chi connectivity index (χ4n) is 2.96. The minimum absolute atomic E-state index is 0.0433. The summed E-state index contributed by atoms with van der Waals surface area (Å²) in [5.74, 6) is 0. The highest BCUT2D eigenvalue weighted by Crippen LogP contribution is 2.34. The first-order valence-corrected chi connectivity index (χ1v) is 6.03. The number of aliphatic hydroxyl groups is 1. The van der Waals surface area contributed by atoms with E-state index in [2.05, 4.69) is 43.1 Å². The molecule has 2 heteroatoms. The SMILES string of the molecule is Cc1ccccc1C1(CO)CCCN(C)C1. The van der Waals surface area contributed by atoms with E-state index in [1.54, 1.807) is 0 Å². The van der Waals surface area contributed by atoms with Crippen LogP contribution in [-0.4, -0.2) is 36.8 Å². The molecular formula is C14H21NO. The van der Waals surface area contributed by atoms with Crippen molar-refractivity contribution in [2.45, 2.75) is 25.2 Å². The van der Waals surface area contributed by atoms with Gasteiger partial charge < -0.3 is 10.0 Å². The maximum atomic E-state index is 9.81. The van der Waals surface area contributed by atoms with Gasteiger partial charge in [0.05, 0.1) is 6.61 Å². The monoisotopic (exact) mass is 219 g/mol. The summed E-state index contributed by atoms with van der Waals surface area (Å²) >= 11 is 0. The molecule has 0 saturated carbocycles.